The molecule has 0 saturated heterocycles. The van der Waals surface area contributed by atoms with Crippen molar-refractivity contribution in [1.82, 2.24) is 19.5 Å². The monoisotopic (exact) mass is 876 g/mol. The number of fused-ring (bicyclic) bond motifs is 5. The maximum absolute atomic E-state index is 5.14. The highest BCUT2D eigenvalue weighted by Crippen LogP contribution is 2.68. The van der Waals surface area contributed by atoms with Crippen LogP contribution in [-0.4, -0.2) is 19.5 Å². The van der Waals surface area contributed by atoms with Crippen molar-refractivity contribution in [3.8, 4) is 62.1 Å². The van der Waals surface area contributed by atoms with Gasteiger partial charge in [0.05, 0.1) is 11.0 Å². The van der Waals surface area contributed by atoms with Crippen molar-refractivity contribution in [2.75, 3.05) is 0 Å². The molecule has 0 aliphatic heterocycles. The van der Waals surface area contributed by atoms with Crippen molar-refractivity contribution in [2.45, 2.75) is 56.8 Å². The first-order chi connectivity index (χ1) is 33.4. The van der Waals surface area contributed by atoms with Gasteiger partial charge in [0.25, 0.3) is 0 Å². The summed E-state index contributed by atoms with van der Waals surface area (Å²) in [5, 5.41) is 2.49. The molecule has 4 bridgehead atoms. The van der Waals surface area contributed by atoms with Crippen molar-refractivity contribution in [1.29, 1.82) is 0 Å². The highest BCUT2D eigenvalue weighted by Gasteiger charge is 2.62. The summed E-state index contributed by atoms with van der Waals surface area (Å²) < 4.78 is 2.34. The van der Waals surface area contributed by atoms with Crippen LogP contribution in [0.4, 0.5) is 0 Å². The smallest absolute Gasteiger partial charge is 0.164 e. The number of hydrogen-bond acceptors (Lipinski definition) is 3. The lowest BCUT2D eigenvalue weighted by Gasteiger charge is -2.64. The first-order valence-electron chi connectivity index (χ1n) is 24.8. The molecule has 8 aromatic carbocycles. The molecule has 4 nitrogen and oxygen atoms in total. The van der Waals surface area contributed by atoms with Crippen LogP contribution >= 0.6 is 0 Å². The summed E-state index contributed by atoms with van der Waals surface area (Å²) in [6.07, 6.45) is 6.99. The van der Waals surface area contributed by atoms with Gasteiger partial charge in [-0.15, -0.1) is 0 Å². The summed E-state index contributed by atoms with van der Waals surface area (Å²) in [4.78, 5) is 15.3. The van der Waals surface area contributed by atoms with Gasteiger partial charge in [-0.3, -0.25) is 0 Å². The van der Waals surface area contributed by atoms with E-state index in [0.717, 1.165) is 46.0 Å². The third kappa shape index (κ3) is 5.95. The summed E-state index contributed by atoms with van der Waals surface area (Å²) in [6, 6.07) is 71.1. The molecule has 2 heterocycles. The third-order valence-corrected chi connectivity index (χ3v) is 16.9. The van der Waals surface area contributed by atoms with Crippen molar-refractivity contribution in [2.24, 2.45) is 23.7 Å². The molecule has 4 heteroatoms. The number of benzene rings is 8. The molecule has 10 aromatic rings. The second-order valence-electron chi connectivity index (χ2n) is 20.9. The third-order valence-electron chi connectivity index (χ3n) is 16.9. The van der Waals surface area contributed by atoms with Crippen LogP contribution in [-0.2, 0) is 10.8 Å². The van der Waals surface area contributed by atoms with Gasteiger partial charge in [-0.2, -0.15) is 0 Å². The molecule has 328 valence electrons. The lowest BCUT2D eigenvalue weighted by atomic mass is 9.39. The molecule has 0 radical (unpaired) electrons. The Morgan fingerprint density at radius 3 is 1.43 bits per heavy atom. The van der Waals surface area contributed by atoms with E-state index in [4.69, 9.17) is 15.0 Å². The highest BCUT2D eigenvalue weighted by atomic mass is 15.0. The molecular formula is C64H52N4. The summed E-state index contributed by atoms with van der Waals surface area (Å²) in [5.41, 5.74) is 17.6. The SMILES string of the molecule is CC1(C)c2ccccc2C2(c3cc(-c4cccc(-c5ccc(-c6nc(-c7ccccc7)nc(-c7ccc(-n8c9ccccc9c9ccccc98)cc7)n6)cc5)c4)ccc31)C1CC3CC(C1)CC2C3. The summed E-state index contributed by atoms with van der Waals surface area (Å²) in [6.45, 7) is 4.92. The first-order valence-corrected chi connectivity index (χ1v) is 24.8. The number of rotatable bonds is 6. The standard InChI is InChI=1S/C64H52N4/c1-63(2)54-19-8-9-20-56(54)64(49-34-40-33-41(36-49)37-50(64)35-40)57-39-48(29-32-55(57)63)47-16-12-15-46(38-47)42-23-25-44(26-24-42)61-65-60(43-13-4-3-5-14-43)66-62(67-61)45-27-30-51(31-28-45)68-58-21-10-6-17-52(58)53-18-7-11-22-59(53)68/h3-32,38-41,49-50H,33-37H2,1-2H3. The van der Waals surface area contributed by atoms with E-state index in [2.05, 4.69) is 194 Å². The molecule has 2 aromatic heterocycles. The Labute approximate surface area is 398 Å². The van der Waals surface area contributed by atoms with E-state index >= 15 is 0 Å². The van der Waals surface area contributed by atoms with Gasteiger partial charge in [-0.25, -0.2) is 15.0 Å². The second-order valence-corrected chi connectivity index (χ2v) is 20.9. The largest absolute Gasteiger partial charge is 0.309 e. The number of hydrogen-bond donors (Lipinski definition) is 0. The summed E-state index contributed by atoms with van der Waals surface area (Å²) in [5.74, 6) is 5.21. The molecule has 15 rings (SSSR count). The van der Waals surface area contributed by atoms with Crippen molar-refractivity contribution < 1.29 is 0 Å². The Morgan fingerprint density at radius 1 is 0.368 bits per heavy atom. The maximum Gasteiger partial charge on any atom is 0.164 e. The zero-order chi connectivity index (χ0) is 45.1. The minimum absolute atomic E-state index is 0.0475. The van der Waals surface area contributed by atoms with Crippen molar-refractivity contribution in [3.63, 3.8) is 0 Å². The normalized spacial score (nSPS) is 21.9. The fourth-order valence-corrected chi connectivity index (χ4v) is 14.1. The van der Waals surface area contributed by atoms with Crippen molar-refractivity contribution >= 4 is 21.8 Å². The van der Waals surface area contributed by atoms with Gasteiger partial charge >= 0.3 is 0 Å². The fraction of sp³-hybridized carbons (Fsp3) is 0.203. The molecule has 5 aliphatic carbocycles. The van der Waals surface area contributed by atoms with Gasteiger partial charge in [0.1, 0.15) is 0 Å². The quantitative estimate of drug-likeness (QED) is 0.167. The van der Waals surface area contributed by atoms with E-state index in [1.165, 1.54) is 81.7 Å². The molecule has 1 spiro atoms. The van der Waals surface area contributed by atoms with Gasteiger partial charge < -0.3 is 4.57 Å². The average molecular weight is 877 g/mol. The van der Waals surface area contributed by atoms with Crippen LogP contribution in [0.25, 0.3) is 83.9 Å². The van der Waals surface area contributed by atoms with E-state index < -0.39 is 0 Å². The predicted molar refractivity (Wildman–Crippen MR) is 278 cm³/mol. The van der Waals surface area contributed by atoms with Crippen LogP contribution < -0.4 is 0 Å². The molecule has 4 saturated carbocycles. The lowest BCUT2D eigenvalue weighted by Crippen LogP contribution is -2.58. The van der Waals surface area contributed by atoms with E-state index in [0.29, 0.717) is 17.5 Å². The average Bonchev–Trinajstić information content (AvgIpc) is 3.73. The molecule has 0 N–H and O–H groups in total. The van der Waals surface area contributed by atoms with E-state index in [1.54, 1.807) is 16.7 Å². The van der Waals surface area contributed by atoms with Crippen LogP contribution in [0.5, 0.6) is 0 Å². The Hall–Kier alpha value is -7.43. The molecular weight excluding hydrogens is 825 g/mol. The van der Waals surface area contributed by atoms with Crippen molar-refractivity contribution in [3.05, 3.63) is 216 Å². The van der Waals surface area contributed by atoms with E-state index in [-0.39, 0.29) is 10.8 Å². The van der Waals surface area contributed by atoms with Gasteiger partial charge in [0, 0.05) is 44.0 Å². The minimum Gasteiger partial charge on any atom is -0.309 e. The van der Waals surface area contributed by atoms with Gasteiger partial charge in [0.15, 0.2) is 17.5 Å². The fourth-order valence-electron chi connectivity index (χ4n) is 14.1. The molecule has 4 fully saturated rings. The second kappa shape index (κ2) is 15.0. The number of para-hydroxylation sites is 2. The van der Waals surface area contributed by atoms with Gasteiger partial charge in [-0.05, 0) is 149 Å². The van der Waals surface area contributed by atoms with Gasteiger partial charge in [-0.1, -0.05) is 159 Å². The molecule has 5 aliphatic rings. The lowest BCUT2D eigenvalue weighted by molar-refractivity contribution is -0.0443. The van der Waals surface area contributed by atoms with E-state index in [9.17, 15) is 0 Å². The minimum atomic E-state index is -0.0475. The zero-order valence-electron chi connectivity index (χ0n) is 38.6. The summed E-state index contributed by atoms with van der Waals surface area (Å²) in [7, 11) is 0. The Bertz CT molecular complexity index is 3520. The zero-order valence-corrected chi connectivity index (χ0v) is 38.6. The van der Waals surface area contributed by atoms with Crippen LogP contribution in [0.2, 0.25) is 0 Å². The molecule has 0 unspecified atom stereocenters. The van der Waals surface area contributed by atoms with Crippen LogP contribution in [0, 0.1) is 23.7 Å². The topological polar surface area (TPSA) is 43.6 Å². The maximum atomic E-state index is 5.14. The van der Waals surface area contributed by atoms with Crippen LogP contribution in [0.3, 0.4) is 0 Å². The predicted octanol–water partition coefficient (Wildman–Crippen LogP) is 15.7. The van der Waals surface area contributed by atoms with Crippen LogP contribution in [0.15, 0.2) is 194 Å². The Morgan fingerprint density at radius 2 is 0.809 bits per heavy atom. The van der Waals surface area contributed by atoms with Gasteiger partial charge in [0.2, 0.25) is 0 Å². The Kier molecular flexibility index (Phi) is 8.78. The Balaban J connectivity index is 0.810. The van der Waals surface area contributed by atoms with Crippen LogP contribution in [0.1, 0.15) is 68.2 Å². The molecule has 0 atom stereocenters. The summed E-state index contributed by atoms with van der Waals surface area (Å²) >= 11 is 0. The first kappa shape index (κ1) is 39.7. The molecule has 0 amide bonds. The number of nitrogens with zero attached hydrogens (tertiary/aromatic N) is 4. The number of aromatic nitrogens is 4. The molecule has 68 heavy (non-hydrogen) atoms. The highest BCUT2D eigenvalue weighted by molar-refractivity contribution is 6.09. The van der Waals surface area contributed by atoms with E-state index in [1.807, 2.05) is 18.2 Å².